The molecule has 0 aliphatic heterocycles. The fourth-order valence-corrected chi connectivity index (χ4v) is 1.77. The first-order valence-electron chi connectivity index (χ1n) is 7.03. The molecule has 0 saturated carbocycles. The largest absolute Gasteiger partial charge is 0.370 e. The zero-order valence-corrected chi connectivity index (χ0v) is 13.1. The Morgan fingerprint density at radius 3 is 2.52 bits per heavy atom. The predicted molar refractivity (Wildman–Crippen MR) is 83.7 cm³/mol. The smallest absolute Gasteiger partial charge is 0.251 e. The fourth-order valence-electron chi connectivity index (χ4n) is 1.56. The summed E-state index contributed by atoms with van der Waals surface area (Å²) in [5.41, 5.74) is 0.372. The van der Waals surface area contributed by atoms with E-state index < -0.39 is 0 Å². The Balaban J connectivity index is 2.60. The monoisotopic (exact) mass is 312 g/mol. The third-order valence-electron chi connectivity index (χ3n) is 2.59. The highest BCUT2D eigenvalue weighted by Crippen LogP contribution is 2.14. The maximum Gasteiger partial charge on any atom is 0.251 e. The lowest BCUT2D eigenvalue weighted by atomic mass is 10.2. The van der Waals surface area contributed by atoms with E-state index in [1.165, 1.54) is 6.07 Å². The number of amides is 2. The van der Waals surface area contributed by atoms with E-state index in [-0.39, 0.29) is 23.5 Å². The molecule has 1 aromatic rings. The second-order valence-corrected chi connectivity index (χ2v) is 4.91. The first kappa shape index (κ1) is 17.2. The molecule has 21 heavy (non-hydrogen) atoms. The number of carbonyl (C=O) groups excluding carboxylic acids is 2. The van der Waals surface area contributed by atoms with Crippen LogP contribution in [0.1, 0.15) is 37.0 Å². The quantitative estimate of drug-likeness (QED) is 0.639. The van der Waals surface area contributed by atoms with Gasteiger partial charge in [-0.25, -0.2) is 4.98 Å². The molecule has 0 unspecified atom stereocenters. The van der Waals surface area contributed by atoms with Gasteiger partial charge in [-0.15, -0.1) is 0 Å². The third kappa shape index (κ3) is 6.44. The minimum atomic E-state index is -0.356. The van der Waals surface area contributed by atoms with Crippen molar-refractivity contribution in [2.45, 2.75) is 26.7 Å². The van der Waals surface area contributed by atoms with Gasteiger partial charge >= 0.3 is 0 Å². The van der Waals surface area contributed by atoms with Crippen LogP contribution in [-0.4, -0.2) is 36.4 Å². The summed E-state index contributed by atoms with van der Waals surface area (Å²) in [6, 6.07) is 3.08. The molecule has 0 fully saturated rings. The SMILES string of the molecule is CCCNC(=O)CNC(=O)c1cc(Cl)nc(NCCC)c1. The molecule has 0 aliphatic rings. The maximum absolute atomic E-state index is 12.0. The number of nitrogens with one attached hydrogen (secondary N) is 3. The van der Waals surface area contributed by atoms with Crippen LogP contribution in [0.15, 0.2) is 12.1 Å². The van der Waals surface area contributed by atoms with Crippen molar-refractivity contribution in [1.29, 1.82) is 0 Å². The van der Waals surface area contributed by atoms with Crippen LogP contribution < -0.4 is 16.0 Å². The van der Waals surface area contributed by atoms with E-state index in [2.05, 4.69) is 20.9 Å². The van der Waals surface area contributed by atoms with Crippen LogP contribution in [0.2, 0.25) is 5.15 Å². The second kappa shape index (κ2) is 9.18. The molecule has 0 spiro atoms. The Labute approximate surface area is 129 Å². The van der Waals surface area contributed by atoms with Gasteiger partial charge in [-0.3, -0.25) is 9.59 Å². The number of nitrogens with zero attached hydrogens (tertiary/aromatic N) is 1. The van der Waals surface area contributed by atoms with Crippen LogP contribution in [0, 0.1) is 0 Å². The van der Waals surface area contributed by atoms with Crippen LogP contribution in [0.4, 0.5) is 5.82 Å². The number of carbonyl (C=O) groups is 2. The van der Waals surface area contributed by atoms with Crippen molar-refractivity contribution < 1.29 is 9.59 Å². The Morgan fingerprint density at radius 1 is 1.14 bits per heavy atom. The van der Waals surface area contributed by atoms with E-state index in [0.29, 0.717) is 17.9 Å². The molecule has 0 saturated heterocycles. The average Bonchev–Trinajstić information content (AvgIpc) is 2.47. The van der Waals surface area contributed by atoms with Gasteiger partial charge in [0.05, 0.1) is 6.54 Å². The lowest BCUT2D eigenvalue weighted by Gasteiger charge is -2.09. The lowest BCUT2D eigenvalue weighted by molar-refractivity contribution is -0.120. The molecule has 0 bridgehead atoms. The van der Waals surface area contributed by atoms with Crippen molar-refractivity contribution in [3.63, 3.8) is 0 Å². The summed E-state index contributed by atoms with van der Waals surface area (Å²) in [7, 11) is 0. The van der Waals surface area contributed by atoms with E-state index in [0.717, 1.165) is 19.4 Å². The first-order valence-corrected chi connectivity index (χ1v) is 7.41. The van der Waals surface area contributed by atoms with E-state index in [1.54, 1.807) is 6.07 Å². The van der Waals surface area contributed by atoms with Crippen molar-refractivity contribution in [3.8, 4) is 0 Å². The van der Waals surface area contributed by atoms with Crippen molar-refractivity contribution in [2.24, 2.45) is 0 Å². The lowest BCUT2D eigenvalue weighted by Crippen LogP contribution is -2.37. The Morgan fingerprint density at radius 2 is 1.86 bits per heavy atom. The molecule has 0 atom stereocenters. The molecule has 0 aliphatic carbocycles. The normalized spacial score (nSPS) is 10.0. The van der Waals surface area contributed by atoms with Gasteiger partial charge in [0.25, 0.3) is 5.91 Å². The van der Waals surface area contributed by atoms with Crippen molar-refractivity contribution in [1.82, 2.24) is 15.6 Å². The molecule has 116 valence electrons. The molecular weight excluding hydrogens is 292 g/mol. The number of anilines is 1. The number of rotatable bonds is 8. The van der Waals surface area contributed by atoms with Gasteiger partial charge in [-0.05, 0) is 25.0 Å². The standard InChI is InChI=1S/C14H21ClN4O2/c1-3-5-16-12-8-10(7-11(15)19-12)14(21)18-9-13(20)17-6-4-2/h7-8H,3-6,9H2,1-2H3,(H,16,19)(H,17,20)(H,18,21). The van der Waals surface area contributed by atoms with Crippen LogP contribution in [0.3, 0.4) is 0 Å². The van der Waals surface area contributed by atoms with Crippen LogP contribution in [0.25, 0.3) is 0 Å². The molecule has 0 aromatic carbocycles. The van der Waals surface area contributed by atoms with E-state index in [9.17, 15) is 9.59 Å². The number of hydrogen-bond donors (Lipinski definition) is 3. The fraction of sp³-hybridized carbons (Fsp3) is 0.500. The maximum atomic E-state index is 12.0. The highest BCUT2D eigenvalue weighted by atomic mass is 35.5. The summed E-state index contributed by atoms with van der Waals surface area (Å²) in [4.78, 5) is 27.5. The predicted octanol–water partition coefficient (Wildman–Crippen LogP) is 1.81. The average molecular weight is 313 g/mol. The zero-order chi connectivity index (χ0) is 15.7. The first-order chi connectivity index (χ1) is 10.1. The number of halogens is 1. The molecular formula is C14H21ClN4O2. The van der Waals surface area contributed by atoms with E-state index >= 15 is 0 Å². The van der Waals surface area contributed by atoms with Gasteiger partial charge < -0.3 is 16.0 Å². The van der Waals surface area contributed by atoms with Crippen LogP contribution in [-0.2, 0) is 4.79 Å². The molecule has 0 radical (unpaired) electrons. The topological polar surface area (TPSA) is 83.1 Å². The van der Waals surface area contributed by atoms with Crippen molar-refractivity contribution >= 4 is 29.2 Å². The Hall–Kier alpha value is -1.82. The minimum Gasteiger partial charge on any atom is -0.370 e. The second-order valence-electron chi connectivity index (χ2n) is 4.52. The molecule has 1 rings (SSSR count). The number of hydrogen-bond acceptors (Lipinski definition) is 4. The molecule has 1 aromatic heterocycles. The van der Waals surface area contributed by atoms with Gasteiger partial charge in [0.1, 0.15) is 11.0 Å². The van der Waals surface area contributed by atoms with Gasteiger partial charge in [0.2, 0.25) is 5.91 Å². The molecule has 1 heterocycles. The highest BCUT2D eigenvalue weighted by molar-refractivity contribution is 6.29. The van der Waals surface area contributed by atoms with E-state index in [1.807, 2.05) is 13.8 Å². The Bertz CT molecular complexity index is 494. The number of aromatic nitrogens is 1. The third-order valence-corrected chi connectivity index (χ3v) is 2.79. The number of pyridine rings is 1. The van der Waals surface area contributed by atoms with Gasteiger partial charge in [-0.2, -0.15) is 0 Å². The summed E-state index contributed by atoms with van der Waals surface area (Å²) < 4.78 is 0. The van der Waals surface area contributed by atoms with Crippen LogP contribution in [0.5, 0.6) is 0 Å². The molecule has 7 heteroatoms. The highest BCUT2D eigenvalue weighted by Gasteiger charge is 2.10. The van der Waals surface area contributed by atoms with Crippen molar-refractivity contribution in [2.75, 3.05) is 25.0 Å². The van der Waals surface area contributed by atoms with Crippen LogP contribution >= 0.6 is 11.6 Å². The zero-order valence-electron chi connectivity index (χ0n) is 12.3. The summed E-state index contributed by atoms with van der Waals surface area (Å²) >= 11 is 5.89. The Kier molecular flexibility index (Phi) is 7.53. The van der Waals surface area contributed by atoms with Gasteiger partial charge in [0, 0.05) is 18.7 Å². The molecule has 3 N–H and O–H groups in total. The summed E-state index contributed by atoms with van der Waals surface area (Å²) in [5.74, 6) is -0.0230. The molecule has 6 nitrogen and oxygen atoms in total. The van der Waals surface area contributed by atoms with Gasteiger partial charge in [-0.1, -0.05) is 25.4 Å². The van der Waals surface area contributed by atoms with E-state index in [4.69, 9.17) is 11.6 Å². The summed E-state index contributed by atoms with van der Waals surface area (Å²) in [6.45, 7) is 5.27. The van der Waals surface area contributed by atoms with Crippen molar-refractivity contribution in [3.05, 3.63) is 22.8 Å². The summed E-state index contributed by atoms with van der Waals surface area (Å²) in [5, 5.41) is 8.54. The summed E-state index contributed by atoms with van der Waals surface area (Å²) in [6.07, 6.45) is 1.79. The van der Waals surface area contributed by atoms with Gasteiger partial charge in [0.15, 0.2) is 0 Å². The minimum absolute atomic E-state index is 0.0590. The molecule has 2 amide bonds.